The molecule has 9 heteroatoms. The van der Waals surface area contributed by atoms with Crippen LogP contribution >= 0.6 is 0 Å². The highest BCUT2D eigenvalue weighted by Crippen LogP contribution is 2.20. The molecule has 7 nitrogen and oxygen atoms in total. The molecule has 0 aromatic heterocycles. The van der Waals surface area contributed by atoms with Crippen molar-refractivity contribution in [2.24, 2.45) is 0 Å². The first kappa shape index (κ1) is 21.8. The smallest absolute Gasteiger partial charge is 0.261 e. The van der Waals surface area contributed by atoms with Crippen LogP contribution < -0.4 is 10.0 Å². The number of piperidine rings is 1. The lowest BCUT2D eigenvalue weighted by molar-refractivity contribution is -0.131. The molecule has 1 saturated heterocycles. The number of sulfonamides is 1. The summed E-state index contributed by atoms with van der Waals surface area (Å²) in [5.41, 5.74) is 0.232. The largest absolute Gasteiger partial charge is 0.351 e. The summed E-state index contributed by atoms with van der Waals surface area (Å²) in [7, 11) is -3.99. The van der Waals surface area contributed by atoms with E-state index in [1.54, 1.807) is 17.0 Å². The monoisotopic (exact) mass is 433 g/mol. The first-order chi connectivity index (χ1) is 14.4. The lowest BCUT2D eigenvalue weighted by atomic mass is 10.1. The second kappa shape index (κ2) is 9.71. The van der Waals surface area contributed by atoms with Crippen LogP contribution in [0.4, 0.5) is 10.1 Å². The molecular weight excluding hydrogens is 409 g/mol. The highest BCUT2D eigenvalue weighted by Gasteiger charge is 2.20. The average molecular weight is 434 g/mol. The fourth-order valence-corrected chi connectivity index (χ4v) is 4.35. The molecule has 3 rings (SSSR count). The van der Waals surface area contributed by atoms with Crippen molar-refractivity contribution in [1.82, 2.24) is 10.2 Å². The second-order valence-electron chi connectivity index (χ2n) is 7.05. The highest BCUT2D eigenvalue weighted by atomic mass is 32.2. The number of carbonyl (C=O) groups excluding carboxylic acids is 2. The minimum atomic E-state index is -3.99. The highest BCUT2D eigenvalue weighted by molar-refractivity contribution is 7.92. The average Bonchev–Trinajstić information content (AvgIpc) is 2.74. The van der Waals surface area contributed by atoms with Gasteiger partial charge in [0.1, 0.15) is 5.82 Å². The van der Waals surface area contributed by atoms with Gasteiger partial charge in [0.2, 0.25) is 5.91 Å². The van der Waals surface area contributed by atoms with Crippen molar-refractivity contribution >= 4 is 27.5 Å². The molecule has 160 valence electrons. The summed E-state index contributed by atoms with van der Waals surface area (Å²) >= 11 is 0. The maximum atomic E-state index is 13.1. The van der Waals surface area contributed by atoms with Crippen LogP contribution in [-0.2, 0) is 14.8 Å². The van der Waals surface area contributed by atoms with Gasteiger partial charge in [0.25, 0.3) is 15.9 Å². The van der Waals surface area contributed by atoms with Crippen LogP contribution in [0.5, 0.6) is 0 Å². The summed E-state index contributed by atoms with van der Waals surface area (Å²) < 4.78 is 40.5. The van der Waals surface area contributed by atoms with Crippen molar-refractivity contribution in [3.05, 3.63) is 59.9 Å². The van der Waals surface area contributed by atoms with Crippen molar-refractivity contribution in [3.63, 3.8) is 0 Å². The Hall–Kier alpha value is -2.94. The van der Waals surface area contributed by atoms with Gasteiger partial charge in [-0.25, -0.2) is 12.8 Å². The predicted octanol–water partition coefficient (Wildman–Crippen LogP) is 2.76. The summed E-state index contributed by atoms with van der Waals surface area (Å²) in [5, 5.41) is 2.67. The summed E-state index contributed by atoms with van der Waals surface area (Å²) in [5.74, 6) is -1.04. The molecule has 2 aromatic rings. The van der Waals surface area contributed by atoms with E-state index in [0.29, 0.717) is 0 Å². The van der Waals surface area contributed by atoms with Crippen molar-refractivity contribution in [2.75, 3.05) is 24.4 Å². The first-order valence-corrected chi connectivity index (χ1v) is 11.3. The van der Waals surface area contributed by atoms with Gasteiger partial charge in [-0.1, -0.05) is 12.1 Å². The Kier molecular flexibility index (Phi) is 7.04. The molecule has 2 N–H and O–H groups in total. The van der Waals surface area contributed by atoms with E-state index < -0.39 is 21.7 Å². The van der Waals surface area contributed by atoms with E-state index in [1.165, 1.54) is 12.1 Å². The molecule has 2 aromatic carbocycles. The Morgan fingerprint density at radius 3 is 2.33 bits per heavy atom. The molecule has 1 aliphatic rings. The zero-order valence-corrected chi connectivity index (χ0v) is 17.3. The van der Waals surface area contributed by atoms with E-state index in [2.05, 4.69) is 10.0 Å². The first-order valence-electron chi connectivity index (χ1n) is 9.80. The topological polar surface area (TPSA) is 95.6 Å². The maximum absolute atomic E-state index is 13.1. The Morgan fingerprint density at radius 2 is 1.63 bits per heavy atom. The molecule has 2 amide bonds. The van der Waals surface area contributed by atoms with Gasteiger partial charge in [-0.05, 0) is 55.7 Å². The van der Waals surface area contributed by atoms with E-state index in [0.717, 1.165) is 56.6 Å². The number of hydrogen-bond acceptors (Lipinski definition) is 4. The number of benzene rings is 2. The number of nitrogens with zero attached hydrogens (tertiary/aromatic N) is 1. The summed E-state index contributed by atoms with van der Waals surface area (Å²) in [4.78, 5) is 26.5. The van der Waals surface area contributed by atoms with E-state index in [1.807, 2.05) is 0 Å². The Bertz CT molecular complexity index is 1000. The van der Waals surface area contributed by atoms with Crippen LogP contribution in [-0.4, -0.2) is 44.8 Å². The number of hydrogen-bond donors (Lipinski definition) is 2. The van der Waals surface area contributed by atoms with Crippen molar-refractivity contribution in [1.29, 1.82) is 0 Å². The number of nitrogens with one attached hydrogen (secondary N) is 2. The summed E-state index contributed by atoms with van der Waals surface area (Å²) in [6.45, 7) is 1.66. The molecule has 0 unspecified atom stereocenters. The molecule has 0 spiro atoms. The third kappa shape index (κ3) is 5.56. The quantitative estimate of drug-likeness (QED) is 0.702. The molecule has 0 aliphatic carbocycles. The second-order valence-corrected chi connectivity index (χ2v) is 8.73. The van der Waals surface area contributed by atoms with E-state index in [9.17, 15) is 22.4 Å². The number of rotatable bonds is 7. The minimum absolute atomic E-state index is 0.000276. The van der Waals surface area contributed by atoms with Crippen molar-refractivity contribution < 1.29 is 22.4 Å². The van der Waals surface area contributed by atoms with E-state index >= 15 is 0 Å². The fourth-order valence-electron chi connectivity index (χ4n) is 3.27. The number of para-hydroxylation sites is 1. The summed E-state index contributed by atoms with van der Waals surface area (Å²) in [6.07, 6.45) is 3.32. The lowest BCUT2D eigenvalue weighted by Crippen LogP contribution is -2.37. The summed E-state index contributed by atoms with van der Waals surface area (Å²) in [6, 6.07) is 10.6. The molecule has 1 aliphatic heterocycles. The fraction of sp³-hybridized carbons (Fsp3) is 0.333. The lowest BCUT2D eigenvalue weighted by Gasteiger charge is -2.26. The molecule has 0 bridgehead atoms. The number of amides is 2. The standard InChI is InChI=1S/C21H24FN3O4S/c22-16-8-10-17(11-9-16)30(28,29)24-19-7-3-2-6-18(19)21(27)23-13-12-20(26)25-14-4-1-5-15-25/h2-3,6-11,24H,1,4-5,12-15H2,(H,23,27). The van der Waals surface area contributed by atoms with E-state index in [4.69, 9.17) is 0 Å². The van der Waals surface area contributed by atoms with Gasteiger partial charge in [0, 0.05) is 26.1 Å². The SMILES string of the molecule is O=C(NCCC(=O)N1CCCCC1)c1ccccc1NS(=O)(=O)c1ccc(F)cc1. The molecule has 0 saturated carbocycles. The maximum Gasteiger partial charge on any atom is 0.261 e. The molecular formula is C21H24FN3O4S. The molecule has 0 radical (unpaired) electrons. The zero-order valence-electron chi connectivity index (χ0n) is 16.4. The zero-order chi connectivity index (χ0) is 21.6. The van der Waals surface area contributed by atoms with Gasteiger partial charge in [0.05, 0.1) is 16.1 Å². The molecule has 0 atom stereocenters. The minimum Gasteiger partial charge on any atom is -0.351 e. The number of halogens is 1. The normalized spacial score (nSPS) is 14.2. The van der Waals surface area contributed by atoms with Gasteiger partial charge in [0.15, 0.2) is 0 Å². The third-order valence-electron chi connectivity index (χ3n) is 4.87. The van der Waals surface area contributed by atoms with Gasteiger partial charge < -0.3 is 10.2 Å². The van der Waals surface area contributed by atoms with Gasteiger partial charge in [-0.2, -0.15) is 0 Å². The van der Waals surface area contributed by atoms with Crippen LogP contribution in [0.25, 0.3) is 0 Å². The number of anilines is 1. The van der Waals surface area contributed by atoms with Gasteiger partial charge >= 0.3 is 0 Å². The Balaban J connectivity index is 1.63. The molecule has 30 heavy (non-hydrogen) atoms. The van der Waals surface area contributed by atoms with Crippen LogP contribution in [0.3, 0.4) is 0 Å². The van der Waals surface area contributed by atoms with E-state index in [-0.39, 0.29) is 35.0 Å². The predicted molar refractivity (Wildman–Crippen MR) is 111 cm³/mol. The molecule has 1 fully saturated rings. The third-order valence-corrected chi connectivity index (χ3v) is 6.25. The van der Waals surface area contributed by atoms with Gasteiger partial charge in [-0.3, -0.25) is 14.3 Å². The van der Waals surface area contributed by atoms with Crippen LogP contribution in [0.1, 0.15) is 36.0 Å². The van der Waals surface area contributed by atoms with Crippen LogP contribution in [0, 0.1) is 5.82 Å². The van der Waals surface area contributed by atoms with Gasteiger partial charge in [-0.15, -0.1) is 0 Å². The van der Waals surface area contributed by atoms with Crippen LogP contribution in [0.2, 0.25) is 0 Å². The molecule has 1 heterocycles. The Morgan fingerprint density at radius 1 is 0.967 bits per heavy atom. The van der Waals surface area contributed by atoms with Crippen molar-refractivity contribution in [2.45, 2.75) is 30.6 Å². The number of likely N-dealkylation sites (tertiary alicyclic amines) is 1. The Labute approximate surface area is 175 Å². The van der Waals surface area contributed by atoms with Crippen LogP contribution in [0.15, 0.2) is 53.4 Å². The number of carbonyl (C=O) groups is 2. The van der Waals surface area contributed by atoms with Crippen molar-refractivity contribution in [3.8, 4) is 0 Å².